The zero-order chi connectivity index (χ0) is 11.1. The van der Waals surface area contributed by atoms with Gasteiger partial charge in [0.25, 0.3) is 0 Å². The van der Waals surface area contributed by atoms with E-state index in [4.69, 9.17) is 5.11 Å². The van der Waals surface area contributed by atoms with Crippen LogP contribution in [0.5, 0.6) is 0 Å². The van der Waals surface area contributed by atoms with Crippen LogP contribution in [0.1, 0.15) is 29.8 Å². The average molecular weight is 236 g/mol. The lowest BCUT2D eigenvalue weighted by Gasteiger charge is -2.26. The number of nitrogens with zero attached hydrogens (tertiary/aromatic N) is 2. The summed E-state index contributed by atoms with van der Waals surface area (Å²) >= 11 is 1.50. The zero-order valence-corrected chi connectivity index (χ0v) is 9.54. The highest BCUT2D eigenvalue weighted by Gasteiger charge is 2.23. The number of carboxylic acids is 1. The maximum atomic E-state index is 11.1. The Bertz CT molecular complexity index is 539. The van der Waals surface area contributed by atoms with E-state index in [-0.39, 0.29) is 0 Å². The Balaban J connectivity index is 2.05. The lowest BCUT2D eigenvalue weighted by Crippen LogP contribution is -2.20. The van der Waals surface area contributed by atoms with Gasteiger partial charge in [-0.25, -0.2) is 9.78 Å². The van der Waals surface area contributed by atoms with Gasteiger partial charge in [-0.15, -0.1) is 11.3 Å². The molecule has 2 aromatic heterocycles. The molecule has 5 heteroatoms. The second-order valence-electron chi connectivity index (χ2n) is 4.28. The molecule has 1 N–H and O–H groups in total. The monoisotopic (exact) mass is 236 g/mol. The summed E-state index contributed by atoms with van der Waals surface area (Å²) in [5.41, 5.74) is 2.98. The summed E-state index contributed by atoms with van der Waals surface area (Å²) in [6, 6.07) is 1.73. The summed E-state index contributed by atoms with van der Waals surface area (Å²) in [6.45, 7) is 0.800. The Morgan fingerprint density at radius 3 is 3.06 bits per heavy atom. The Morgan fingerprint density at radius 2 is 2.44 bits per heavy atom. The summed E-state index contributed by atoms with van der Waals surface area (Å²) in [5, 5.41) is 9.14. The second-order valence-corrected chi connectivity index (χ2v) is 5.17. The zero-order valence-electron chi connectivity index (χ0n) is 8.72. The minimum Gasteiger partial charge on any atom is -0.477 e. The quantitative estimate of drug-likeness (QED) is 0.891. The number of hydrogen-bond acceptors (Lipinski definition) is 3. The molecule has 3 rings (SSSR count). The predicted octanol–water partition coefficient (Wildman–Crippen LogP) is 2.60. The Hall–Kier alpha value is -1.36. The van der Waals surface area contributed by atoms with E-state index in [0.717, 1.165) is 16.9 Å². The molecule has 0 aromatic carbocycles. The second kappa shape index (κ2) is 3.59. The topological polar surface area (TPSA) is 55.1 Å². The first-order chi connectivity index (χ1) is 7.75. The molecule has 0 unspecified atom stereocenters. The van der Waals surface area contributed by atoms with Gasteiger partial charge < -0.3 is 9.67 Å². The normalized spacial score (nSPS) is 16.5. The van der Waals surface area contributed by atoms with Crippen molar-refractivity contribution in [1.29, 1.82) is 0 Å². The van der Waals surface area contributed by atoms with E-state index in [1.165, 1.54) is 30.6 Å². The molecule has 1 fully saturated rings. The van der Waals surface area contributed by atoms with E-state index >= 15 is 0 Å². The highest BCUT2D eigenvalue weighted by atomic mass is 32.1. The molecule has 0 saturated heterocycles. The maximum absolute atomic E-state index is 11.1. The number of rotatable bonds is 3. The van der Waals surface area contributed by atoms with Crippen LogP contribution in [-0.2, 0) is 6.54 Å². The van der Waals surface area contributed by atoms with Crippen molar-refractivity contribution in [3.8, 4) is 0 Å². The van der Waals surface area contributed by atoms with Gasteiger partial charge >= 0.3 is 5.97 Å². The fraction of sp³-hybridized carbons (Fsp3) is 0.455. The molecule has 0 bridgehead atoms. The largest absolute Gasteiger partial charge is 0.477 e. The van der Waals surface area contributed by atoms with Crippen LogP contribution in [0.2, 0.25) is 0 Å². The Labute approximate surface area is 96.5 Å². The van der Waals surface area contributed by atoms with Gasteiger partial charge in [0, 0.05) is 6.54 Å². The van der Waals surface area contributed by atoms with Crippen LogP contribution >= 0.6 is 11.3 Å². The fourth-order valence-electron chi connectivity index (χ4n) is 2.16. The van der Waals surface area contributed by atoms with Crippen molar-refractivity contribution in [3.63, 3.8) is 0 Å². The first kappa shape index (κ1) is 9.84. The van der Waals surface area contributed by atoms with Gasteiger partial charge in [0.2, 0.25) is 0 Å². The molecule has 1 aliphatic carbocycles. The van der Waals surface area contributed by atoms with Gasteiger partial charge in [-0.05, 0) is 24.8 Å². The predicted molar refractivity (Wildman–Crippen MR) is 61.9 cm³/mol. The summed E-state index contributed by atoms with van der Waals surface area (Å²) in [7, 11) is 0. The molecular weight excluding hydrogens is 224 g/mol. The van der Waals surface area contributed by atoms with Gasteiger partial charge in [-0.1, -0.05) is 6.42 Å². The third kappa shape index (κ3) is 1.43. The lowest BCUT2D eigenvalue weighted by atomic mass is 9.85. The minimum absolute atomic E-state index is 0.376. The average Bonchev–Trinajstić information content (AvgIpc) is 2.70. The van der Waals surface area contributed by atoms with Crippen molar-refractivity contribution in [2.45, 2.75) is 25.8 Å². The van der Waals surface area contributed by atoms with Crippen LogP contribution in [0.25, 0.3) is 10.3 Å². The van der Waals surface area contributed by atoms with Gasteiger partial charge in [-0.3, -0.25) is 0 Å². The number of carbonyl (C=O) groups is 1. The molecule has 2 aromatic rings. The Kier molecular flexibility index (Phi) is 2.21. The van der Waals surface area contributed by atoms with Gasteiger partial charge in [-0.2, -0.15) is 0 Å². The third-order valence-corrected chi connectivity index (χ3v) is 4.04. The number of carboxylic acid groups (broad SMARTS) is 1. The first-order valence-electron chi connectivity index (χ1n) is 5.41. The van der Waals surface area contributed by atoms with Crippen LogP contribution in [0.15, 0.2) is 11.6 Å². The number of hydrogen-bond donors (Lipinski definition) is 1. The molecule has 0 radical (unpaired) electrons. The minimum atomic E-state index is -0.857. The SMILES string of the molecule is O=C(O)c1cc2scnc2n1CC1CCC1. The maximum Gasteiger partial charge on any atom is 0.352 e. The van der Waals surface area contributed by atoms with Crippen LogP contribution in [0.3, 0.4) is 0 Å². The number of fused-ring (bicyclic) bond motifs is 1. The van der Waals surface area contributed by atoms with E-state index in [1.807, 2.05) is 4.57 Å². The Morgan fingerprint density at radius 1 is 1.62 bits per heavy atom. The van der Waals surface area contributed by atoms with Crippen molar-refractivity contribution in [3.05, 3.63) is 17.3 Å². The molecule has 1 saturated carbocycles. The van der Waals surface area contributed by atoms with Crippen LogP contribution < -0.4 is 0 Å². The van der Waals surface area contributed by atoms with E-state index in [1.54, 1.807) is 11.6 Å². The molecule has 0 spiro atoms. The van der Waals surface area contributed by atoms with Crippen LogP contribution in [0.4, 0.5) is 0 Å². The van der Waals surface area contributed by atoms with Crippen LogP contribution in [-0.4, -0.2) is 20.6 Å². The van der Waals surface area contributed by atoms with Crippen molar-refractivity contribution < 1.29 is 9.90 Å². The van der Waals surface area contributed by atoms with E-state index < -0.39 is 5.97 Å². The van der Waals surface area contributed by atoms with Gasteiger partial charge in [0.05, 0.1) is 10.2 Å². The summed E-state index contributed by atoms with van der Waals surface area (Å²) in [4.78, 5) is 15.4. The third-order valence-electron chi connectivity index (χ3n) is 3.27. The standard InChI is InChI=1S/C11H12N2O2S/c14-11(15)8-4-9-10(12-6-16-9)13(8)5-7-2-1-3-7/h4,6-7H,1-3,5H2,(H,14,15). The summed E-state index contributed by atoms with van der Waals surface area (Å²) in [5.74, 6) is -0.222. The number of aromatic carboxylic acids is 1. The number of thiazole rings is 1. The summed E-state index contributed by atoms with van der Waals surface area (Å²) in [6.07, 6.45) is 3.69. The smallest absolute Gasteiger partial charge is 0.352 e. The van der Waals surface area contributed by atoms with E-state index in [0.29, 0.717) is 11.6 Å². The molecule has 84 valence electrons. The van der Waals surface area contributed by atoms with Crippen molar-refractivity contribution in [2.24, 2.45) is 5.92 Å². The fourth-order valence-corrected chi connectivity index (χ4v) is 2.88. The van der Waals surface area contributed by atoms with E-state index in [2.05, 4.69) is 4.98 Å². The molecular formula is C11H12N2O2S. The van der Waals surface area contributed by atoms with Gasteiger partial charge in [0.15, 0.2) is 5.65 Å². The first-order valence-corrected chi connectivity index (χ1v) is 6.29. The highest BCUT2D eigenvalue weighted by Crippen LogP contribution is 2.31. The van der Waals surface area contributed by atoms with E-state index in [9.17, 15) is 4.79 Å². The molecule has 1 aliphatic rings. The number of aromatic nitrogens is 2. The van der Waals surface area contributed by atoms with Crippen molar-refractivity contribution in [1.82, 2.24) is 9.55 Å². The van der Waals surface area contributed by atoms with Crippen molar-refractivity contribution >= 4 is 27.7 Å². The van der Waals surface area contributed by atoms with Gasteiger partial charge in [0.1, 0.15) is 5.69 Å². The van der Waals surface area contributed by atoms with Crippen LogP contribution in [0, 0.1) is 5.92 Å². The molecule has 2 heterocycles. The summed E-state index contributed by atoms with van der Waals surface area (Å²) < 4.78 is 2.83. The van der Waals surface area contributed by atoms with Crippen molar-refractivity contribution in [2.75, 3.05) is 0 Å². The highest BCUT2D eigenvalue weighted by molar-refractivity contribution is 7.16. The molecule has 16 heavy (non-hydrogen) atoms. The molecule has 4 nitrogen and oxygen atoms in total. The molecule has 0 atom stereocenters. The lowest BCUT2D eigenvalue weighted by molar-refractivity contribution is 0.0683. The molecule has 0 aliphatic heterocycles. The molecule has 0 amide bonds.